The molecule has 43 heavy (non-hydrogen) atoms. The molecule has 3 aromatic carbocycles. The Bertz CT molecular complexity index is 1410. The highest BCUT2D eigenvalue weighted by Gasteiger charge is 2.35. The number of hydrogen-bond acceptors (Lipinski definition) is 5. The van der Waals surface area contributed by atoms with Crippen molar-refractivity contribution in [2.45, 2.75) is 58.0 Å². The molecule has 2 aliphatic heterocycles. The summed E-state index contributed by atoms with van der Waals surface area (Å²) in [6, 6.07) is 25.1. The third-order valence-electron chi connectivity index (χ3n) is 7.85. The van der Waals surface area contributed by atoms with E-state index in [0.717, 1.165) is 16.7 Å². The van der Waals surface area contributed by atoms with Crippen LogP contribution in [-0.4, -0.2) is 70.4 Å². The number of ether oxygens (including phenoxy) is 1. The van der Waals surface area contributed by atoms with Gasteiger partial charge in [0.2, 0.25) is 11.8 Å². The number of rotatable bonds is 7. The molecule has 5 rings (SSSR count). The lowest BCUT2D eigenvalue weighted by Gasteiger charge is -2.40. The van der Waals surface area contributed by atoms with Crippen LogP contribution in [0.3, 0.4) is 0 Å². The van der Waals surface area contributed by atoms with Crippen molar-refractivity contribution in [1.29, 1.82) is 0 Å². The summed E-state index contributed by atoms with van der Waals surface area (Å²) in [4.78, 5) is 45.8. The van der Waals surface area contributed by atoms with Gasteiger partial charge in [-0.15, -0.1) is 0 Å². The van der Waals surface area contributed by atoms with Crippen molar-refractivity contribution < 1.29 is 19.1 Å². The smallest absolute Gasteiger partial charge is 0.408 e. The Morgan fingerprint density at radius 2 is 1.35 bits per heavy atom. The SMILES string of the molecule is CC(C)(C)OC(=O)N[C@@H](CC(=O)N1CCN(C(c2ccccc2)c2ccc(Cl)cc2)CC1)C(=O)N1Cc2ccccc2C1. The highest BCUT2D eigenvalue weighted by molar-refractivity contribution is 6.30. The fourth-order valence-electron chi connectivity index (χ4n) is 5.79. The standard InChI is InChI=1S/C34H39ClN4O4/c1-34(2,3)43-33(42)36-29(32(41)39-22-26-11-7-8-12-27(26)23-39)21-30(40)37-17-19-38(20-18-37)31(24-9-5-4-6-10-24)25-13-15-28(35)16-14-25/h4-16,29,31H,17-23H2,1-3H3,(H,36,42)/t29-,31?/m0/s1. The second-order valence-electron chi connectivity index (χ2n) is 12.1. The van der Waals surface area contributed by atoms with E-state index >= 15 is 0 Å². The lowest BCUT2D eigenvalue weighted by molar-refractivity contribution is -0.140. The molecule has 0 aliphatic carbocycles. The highest BCUT2D eigenvalue weighted by Crippen LogP contribution is 2.31. The molecule has 226 valence electrons. The molecule has 0 aromatic heterocycles. The van der Waals surface area contributed by atoms with Crippen LogP contribution in [0.1, 0.15) is 55.5 Å². The largest absolute Gasteiger partial charge is 0.444 e. The topological polar surface area (TPSA) is 82.2 Å². The van der Waals surface area contributed by atoms with Crippen LogP contribution in [0.25, 0.3) is 0 Å². The van der Waals surface area contributed by atoms with Crippen LogP contribution in [0.2, 0.25) is 5.02 Å². The van der Waals surface area contributed by atoms with Crippen LogP contribution in [0.4, 0.5) is 4.79 Å². The highest BCUT2D eigenvalue weighted by atomic mass is 35.5. The zero-order valence-electron chi connectivity index (χ0n) is 25.0. The minimum Gasteiger partial charge on any atom is -0.444 e. The van der Waals surface area contributed by atoms with Gasteiger partial charge in [-0.25, -0.2) is 4.79 Å². The Morgan fingerprint density at radius 3 is 1.93 bits per heavy atom. The number of benzene rings is 3. The maximum atomic E-state index is 13.7. The molecule has 2 heterocycles. The summed E-state index contributed by atoms with van der Waals surface area (Å²) in [5.41, 5.74) is 3.71. The van der Waals surface area contributed by atoms with Crippen LogP contribution in [0, 0.1) is 0 Å². The van der Waals surface area contributed by atoms with Gasteiger partial charge in [-0.3, -0.25) is 14.5 Å². The average Bonchev–Trinajstić information content (AvgIpc) is 3.42. The number of fused-ring (bicyclic) bond motifs is 1. The first kappa shape index (κ1) is 30.6. The zero-order chi connectivity index (χ0) is 30.6. The van der Waals surface area contributed by atoms with Crippen LogP contribution < -0.4 is 5.32 Å². The molecular weight excluding hydrogens is 564 g/mol. The first-order valence-corrected chi connectivity index (χ1v) is 15.1. The Balaban J connectivity index is 1.26. The molecule has 1 N–H and O–H groups in total. The Kier molecular flexibility index (Phi) is 9.37. The minimum absolute atomic E-state index is 0.0238. The van der Waals surface area contributed by atoms with E-state index in [2.05, 4.69) is 22.3 Å². The number of amides is 3. The molecule has 8 nitrogen and oxygen atoms in total. The number of nitrogens with one attached hydrogen (secondary N) is 1. The first-order valence-electron chi connectivity index (χ1n) is 14.7. The quantitative estimate of drug-likeness (QED) is 0.392. The molecule has 3 aromatic rings. The van der Waals surface area contributed by atoms with E-state index in [4.69, 9.17) is 16.3 Å². The van der Waals surface area contributed by atoms with Crippen molar-refractivity contribution >= 4 is 29.5 Å². The number of nitrogens with zero attached hydrogens (tertiary/aromatic N) is 3. The van der Waals surface area contributed by atoms with Gasteiger partial charge in [-0.2, -0.15) is 0 Å². The predicted molar refractivity (Wildman–Crippen MR) is 166 cm³/mol. The predicted octanol–water partition coefficient (Wildman–Crippen LogP) is 5.40. The fourth-order valence-corrected chi connectivity index (χ4v) is 5.91. The van der Waals surface area contributed by atoms with Gasteiger partial charge in [0.25, 0.3) is 0 Å². The third-order valence-corrected chi connectivity index (χ3v) is 8.11. The number of carbonyl (C=O) groups excluding carboxylic acids is 3. The van der Waals surface area contributed by atoms with Gasteiger partial charge in [-0.1, -0.05) is 78.3 Å². The van der Waals surface area contributed by atoms with Crippen LogP contribution >= 0.6 is 11.6 Å². The summed E-state index contributed by atoms with van der Waals surface area (Å²) >= 11 is 6.17. The van der Waals surface area contributed by atoms with Gasteiger partial charge in [-0.05, 0) is 55.2 Å². The summed E-state index contributed by atoms with van der Waals surface area (Å²) in [5, 5.41) is 3.39. The fraction of sp³-hybridized carbons (Fsp3) is 0.382. The number of halogens is 1. The van der Waals surface area contributed by atoms with E-state index in [0.29, 0.717) is 44.3 Å². The van der Waals surface area contributed by atoms with Crippen molar-refractivity contribution in [1.82, 2.24) is 20.0 Å². The number of carbonyl (C=O) groups is 3. The van der Waals surface area contributed by atoms with Crippen LogP contribution in [-0.2, 0) is 27.4 Å². The molecule has 2 atom stereocenters. The van der Waals surface area contributed by atoms with Gasteiger partial charge in [0.1, 0.15) is 11.6 Å². The van der Waals surface area contributed by atoms with Gasteiger partial charge >= 0.3 is 6.09 Å². The van der Waals surface area contributed by atoms with Crippen LogP contribution in [0.5, 0.6) is 0 Å². The van der Waals surface area contributed by atoms with E-state index in [1.165, 1.54) is 5.56 Å². The first-order chi connectivity index (χ1) is 20.6. The zero-order valence-corrected chi connectivity index (χ0v) is 25.7. The third kappa shape index (κ3) is 7.75. The van der Waals surface area contributed by atoms with Crippen molar-refractivity contribution in [2.24, 2.45) is 0 Å². The molecule has 9 heteroatoms. The Hall–Kier alpha value is -3.88. The summed E-state index contributed by atoms with van der Waals surface area (Å²) in [6.07, 6.45) is -0.849. The Labute approximate surface area is 258 Å². The van der Waals surface area contributed by atoms with Gasteiger partial charge in [0, 0.05) is 44.3 Å². The maximum absolute atomic E-state index is 13.7. The summed E-state index contributed by atoms with van der Waals surface area (Å²) in [6.45, 7) is 8.52. The number of hydrogen-bond donors (Lipinski definition) is 1. The van der Waals surface area contributed by atoms with Crippen molar-refractivity contribution in [2.75, 3.05) is 26.2 Å². The number of alkyl carbamates (subject to hydrolysis) is 1. The second kappa shape index (κ2) is 13.2. The molecule has 3 amide bonds. The summed E-state index contributed by atoms with van der Waals surface area (Å²) in [7, 11) is 0. The second-order valence-corrected chi connectivity index (χ2v) is 12.6. The van der Waals surface area contributed by atoms with Gasteiger partial charge in [0.15, 0.2) is 0 Å². The van der Waals surface area contributed by atoms with E-state index in [1.807, 2.05) is 66.7 Å². The lowest BCUT2D eigenvalue weighted by Crippen LogP contribution is -2.53. The van der Waals surface area contributed by atoms with Crippen molar-refractivity contribution in [3.8, 4) is 0 Å². The van der Waals surface area contributed by atoms with Gasteiger partial charge in [0.05, 0.1) is 12.5 Å². The van der Waals surface area contributed by atoms with E-state index in [9.17, 15) is 14.4 Å². The van der Waals surface area contributed by atoms with E-state index in [1.54, 1.807) is 30.6 Å². The molecular formula is C34H39ClN4O4. The minimum atomic E-state index is -1.03. The summed E-state index contributed by atoms with van der Waals surface area (Å²) < 4.78 is 5.44. The maximum Gasteiger partial charge on any atom is 0.408 e. The van der Waals surface area contributed by atoms with E-state index < -0.39 is 17.7 Å². The molecule has 1 saturated heterocycles. The molecule has 0 spiro atoms. The normalized spacial score (nSPS) is 16.7. The average molecular weight is 603 g/mol. The lowest BCUT2D eigenvalue weighted by atomic mass is 9.96. The van der Waals surface area contributed by atoms with E-state index in [-0.39, 0.29) is 24.3 Å². The van der Waals surface area contributed by atoms with Gasteiger partial charge < -0.3 is 19.9 Å². The van der Waals surface area contributed by atoms with Crippen LogP contribution in [0.15, 0.2) is 78.9 Å². The number of piperazine rings is 1. The Morgan fingerprint density at radius 1 is 0.791 bits per heavy atom. The molecule has 1 fully saturated rings. The molecule has 0 saturated carbocycles. The van der Waals surface area contributed by atoms with Crippen molar-refractivity contribution in [3.05, 3.63) is 106 Å². The molecule has 1 unspecified atom stereocenters. The van der Waals surface area contributed by atoms with Crippen molar-refractivity contribution in [3.63, 3.8) is 0 Å². The molecule has 2 aliphatic rings. The summed E-state index contributed by atoms with van der Waals surface area (Å²) in [5.74, 6) is -0.463. The monoisotopic (exact) mass is 602 g/mol. The molecule has 0 bridgehead atoms. The molecule has 0 radical (unpaired) electrons.